The van der Waals surface area contributed by atoms with Crippen LogP contribution in [0.5, 0.6) is 0 Å². The van der Waals surface area contributed by atoms with Crippen LogP contribution in [0, 0.1) is 0 Å². The smallest absolute Gasteiger partial charge is 0.243 e. The van der Waals surface area contributed by atoms with Crippen LogP contribution >= 0.6 is 0 Å². The minimum atomic E-state index is -1.57. The molecule has 6 atom stereocenters. The molecule has 1 fully saturated rings. The Kier molecular flexibility index (Phi) is 9.18. The van der Waals surface area contributed by atoms with Crippen LogP contribution in [-0.4, -0.2) is 97.1 Å². The largest absolute Gasteiger partial charge is 0.470 e. The van der Waals surface area contributed by atoms with E-state index in [4.69, 9.17) is 17.3 Å². The average molecular weight is 424 g/mol. The zero-order chi connectivity index (χ0) is 22.3. The Morgan fingerprint density at radius 3 is 2.40 bits per heavy atom. The summed E-state index contributed by atoms with van der Waals surface area (Å²) in [5.41, 5.74) is 1.17. The maximum absolute atomic E-state index is 12.5. The molecule has 1 aromatic carbocycles. The zero-order valence-corrected chi connectivity index (χ0v) is 16.3. The van der Waals surface area contributed by atoms with Crippen LogP contribution in [0.25, 0.3) is 0 Å². The summed E-state index contributed by atoms with van der Waals surface area (Å²) in [6.07, 6.45) is -7.07. The second-order valence-corrected chi connectivity index (χ2v) is 6.67. The number of hydrogen-bond donors (Lipinski definition) is 6. The van der Waals surface area contributed by atoms with Gasteiger partial charge in [0.2, 0.25) is 19.6 Å². The third kappa shape index (κ3) is 6.47. The van der Waals surface area contributed by atoms with Crippen LogP contribution in [-0.2, 0) is 25.6 Å². The summed E-state index contributed by atoms with van der Waals surface area (Å²) >= 11 is 0. The van der Waals surface area contributed by atoms with Crippen LogP contribution in [0.15, 0.2) is 24.3 Å². The zero-order valence-electron chi connectivity index (χ0n) is 16.3. The number of ether oxygens (including phenoxy) is 3. The Balaban J connectivity index is 1.89. The van der Waals surface area contributed by atoms with E-state index in [9.17, 15) is 30.0 Å². The highest BCUT2D eigenvalue weighted by Gasteiger charge is 2.44. The monoisotopic (exact) mass is 424 g/mol. The Morgan fingerprint density at radius 2 is 1.83 bits per heavy atom. The van der Waals surface area contributed by atoms with Crippen molar-refractivity contribution in [2.24, 2.45) is 0 Å². The molecule has 1 aliphatic rings. The molecule has 0 aromatic heterocycles. The van der Waals surface area contributed by atoms with Gasteiger partial charge in [0.05, 0.1) is 13.2 Å². The van der Waals surface area contributed by atoms with E-state index in [1.54, 1.807) is 24.3 Å². The quantitative estimate of drug-likeness (QED) is 0.240. The fourth-order valence-corrected chi connectivity index (χ4v) is 2.75. The van der Waals surface area contributed by atoms with Gasteiger partial charge in [-0.1, -0.05) is 12.1 Å². The van der Waals surface area contributed by atoms with Crippen molar-refractivity contribution in [2.45, 2.75) is 43.4 Å². The van der Waals surface area contributed by atoms with E-state index in [1.807, 2.05) is 0 Å². The molecule has 11 nitrogen and oxygen atoms in total. The van der Waals surface area contributed by atoms with Gasteiger partial charge in [-0.2, -0.15) is 0 Å². The molecule has 6 N–H and O–H groups in total. The van der Waals surface area contributed by atoms with E-state index in [0.29, 0.717) is 11.3 Å². The van der Waals surface area contributed by atoms with Crippen molar-refractivity contribution in [2.75, 3.05) is 25.6 Å². The summed E-state index contributed by atoms with van der Waals surface area (Å²) in [4.78, 5) is 23.1. The van der Waals surface area contributed by atoms with E-state index in [2.05, 4.69) is 15.4 Å². The molecule has 0 saturated carbocycles. The molecule has 2 radical (unpaired) electrons. The predicted molar refractivity (Wildman–Crippen MR) is 104 cm³/mol. The van der Waals surface area contributed by atoms with Crippen molar-refractivity contribution in [3.8, 4) is 0 Å². The van der Waals surface area contributed by atoms with Gasteiger partial charge < -0.3 is 45.3 Å². The molecule has 30 heavy (non-hydrogen) atoms. The highest BCUT2D eigenvalue weighted by Crippen LogP contribution is 2.22. The Bertz CT molecular complexity index is 703. The first-order chi connectivity index (χ1) is 14.3. The molecule has 6 unspecified atom stereocenters. The van der Waals surface area contributed by atoms with E-state index < -0.39 is 55.1 Å². The number of aliphatic hydroxyl groups is 4. The molecule has 164 valence electrons. The average Bonchev–Trinajstić information content (AvgIpc) is 2.73. The van der Waals surface area contributed by atoms with E-state index >= 15 is 0 Å². The van der Waals surface area contributed by atoms with Crippen LogP contribution in [0.1, 0.15) is 5.56 Å². The predicted octanol–water partition coefficient (Wildman–Crippen LogP) is -2.17. The number of nitrogens with one attached hydrogen (secondary N) is 2. The third-order valence-corrected chi connectivity index (χ3v) is 4.54. The minimum absolute atomic E-state index is 0.00956. The second-order valence-electron chi connectivity index (χ2n) is 6.67. The second kappa shape index (κ2) is 11.4. The fourth-order valence-electron chi connectivity index (χ4n) is 2.75. The van der Waals surface area contributed by atoms with Crippen molar-refractivity contribution < 1.29 is 44.2 Å². The molecule has 0 aliphatic carbocycles. The van der Waals surface area contributed by atoms with Crippen molar-refractivity contribution in [1.29, 1.82) is 0 Å². The van der Waals surface area contributed by atoms with Crippen LogP contribution in [0.2, 0.25) is 0 Å². The molecule has 1 heterocycles. The first-order valence-corrected chi connectivity index (χ1v) is 9.18. The topological polar surface area (TPSA) is 167 Å². The molecule has 0 bridgehead atoms. The lowest BCUT2D eigenvalue weighted by Gasteiger charge is -2.39. The van der Waals surface area contributed by atoms with Crippen molar-refractivity contribution in [3.05, 3.63) is 29.8 Å². The lowest BCUT2D eigenvalue weighted by molar-refractivity contribution is -0.301. The van der Waals surface area contributed by atoms with Crippen molar-refractivity contribution in [3.63, 3.8) is 0 Å². The summed E-state index contributed by atoms with van der Waals surface area (Å²) in [5.74, 6) is -1.33. The summed E-state index contributed by atoms with van der Waals surface area (Å²) in [6.45, 7) is -0.799. The van der Waals surface area contributed by atoms with E-state index in [1.165, 1.54) is 7.05 Å². The number of hydrogen-bond acceptors (Lipinski definition) is 10. The fraction of sp³-hybridized carbons (Fsp3) is 0.556. The lowest BCUT2D eigenvalue weighted by atomic mass is 9.99. The first kappa shape index (κ1) is 24.2. The number of benzene rings is 1. The molecule has 0 spiro atoms. The summed E-state index contributed by atoms with van der Waals surface area (Å²) in [6, 6.07) is 5.69. The number of rotatable bonds is 9. The van der Waals surface area contributed by atoms with Gasteiger partial charge in [0.15, 0.2) is 6.29 Å². The van der Waals surface area contributed by atoms with Crippen molar-refractivity contribution in [1.82, 2.24) is 5.32 Å². The van der Waals surface area contributed by atoms with Gasteiger partial charge in [-0.25, -0.2) is 0 Å². The molecule has 1 aliphatic heterocycles. The maximum Gasteiger partial charge on any atom is 0.243 e. The molecule has 2 rings (SSSR count). The molecule has 1 saturated heterocycles. The van der Waals surface area contributed by atoms with Crippen LogP contribution in [0.3, 0.4) is 0 Å². The van der Waals surface area contributed by atoms with Gasteiger partial charge in [-0.3, -0.25) is 9.59 Å². The molecule has 12 heteroatoms. The Labute approximate surface area is 174 Å². The number of likely N-dealkylation sites (N-methyl/N-ethyl adjacent to an activating group) is 1. The molecular weight excluding hydrogens is 399 g/mol. The maximum atomic E-state index is 12.5. The number of aliphatic hydroxyl groups excluding tert-OH is 4. The summed E-state index contributed by atoms with van der Waals surface area (Å²) in [5, 5.41) is 44.2. The van der Waals surface area contributed by atoms with Gasteiger partial charge in [0.25, 0.3) is 0 Å². The van der Waals surface area contributed by atoms with Crippen LogP contribution < -0.4 is 10.6 Å². The van der Waals surface area contributed by atoms with E-state index in [0.717, 1.165) is 0 Å². The first-order valence-electron chi connectivity index (χ1n) is 9.18. The minimum Gasteiger partial charge on any atom is -0.470 e. The number of amides is 1. The van der Waals surface area contributed by atoms with Gasteiger partial charge in [0, 0.05) is 5.69 Å². The van der Waals surface area contributed by atoms with Gasteiger partial charge in [-0.15, -0.1) is 0 Å². The SMILES string of the molecule is [B]C(=O)OCc1ccc(NC(=O)C(COC2OC(CO)C(O)C(O)C2O)NC)cc1. The number of carbonyl (C=O) groups is 2. The number of anilines is 1. The Morgan fingerprint density at radius 1 is 1.17 bits per heavy atom. The normalized spacial score (nSPS) is 27.3. The highest BCUT2D eigenvalue weighted by atomic mass is 16.7. The summed E-state index contributed by atoms with van der Waals surface area (Å²) in [7, 11) is 6.44. The van der Waals surface area contributed by atoms with Crippen molar-refractivity contribution >= 4 is 25.3 Å². The highest BCUT2D eigenvalue weighted by molar-refractivity contribution is 6.55. The molecule has 1 amide bonds. The van der Waals surface area contributed by atoms with Crippen LogP contribution in [0.4, 0.5) is 10.5 Å². The summed E-state index contributed by atoms with van der Waals surface area (Å²) < 4.78 is 15.3. The van der Waals surface area contributed by atoms with Gasteiger partial charge in [-0.05, 0) is 24.7 Å². The third-order valence-electron chi connectivity index (χ3n) is 4.54. The van der Waals surface area contributed by atoms with Gasteiger partial charge >= 0.3 is 0 Å². The van der Waals surface area contributed by atoms with E-state index in [-0.39, 0.29) is 13.2 Å². The lowest BCUT2D eigenvalue weighted by Crippen LogP contribution is -2.59. The number of carbonyl (C=O) groups excluding carboxylic acids is 2. The molecule has 1 aromatic rings. The Hall–Kier alpha value is -2.06. The standard InChI is InChI=1S/C18H25BN2O9/c1-20-11(8-28-17-15(25)14(24)13(23)12(6-22)30-17)16(26)21-10-4-2-9(3-5-10)7-29-18(19)27/h2-5,11-15,17,20,22-25H,6-8H2,1H3,(H,21,26). The molecular formula is C18H25BN2O9. The van der Waals surface area contributed by atoms with Gasteiger partial charge in [0.1, 0.15) is 37.1 Å².